The lowest BCUT2D eigenvalue weighted by atomic mass is 10.1. The van der Waals surface area contributed by atoms with Crippen molar-refractivity contribution in [2.75, 3.05) is 13.1 Å². The van der Waals surface area contributed by atoms with Gasteiger partial charge in [0.05, 0.1) is 4.90 Å². The Morgan fingerprint density at radius 3 is 2.50 bits per heavy atom. The molecule has 1 saturated heterocycles. The Morgan fingerprint density at radius 1 is 1.00 bits per heavy atom. The summed E-state index contributed by atoms with van der Waals surface area (Å²) in [6, 6.07) is 10.7. The van der Waals surface area contributed by atoms with Crippen LogP contribution in [0.25, 0.3) is 5.82 Å². The van der Waals surface area contributed by atoms with Gasteiger partial charge in [0.25, 0.3) is 0 Å². The first-order valence-electron chi connectivity index (χ1n) is 10.8. The fourth-order valence-corrected chi connectivity index (χ4v) is 5.25. The lowest BCUT2D eigenvalue weighted by Gasteiger charge is -2.25. The summed E-state index contributed by atoms with van der Waals surface area (Å²) in [5, 5.41) is 2.93. The summed E-state index contributed by atoms with van der Waals surface area (Å²) in [6.07, 6.45) is 10.7. The molecule has 9 heteroatoms. The van der Waals surface area contributed by atoms with E-state index >= 15 is 0 Å². The summed E-state index contributed by atoms with van der Waals surface area (Å²) < 4.78 is 28.8. The van der Waals surface area contributed by atoms with Gasteiger partial charge in [-0.15, -0.1) is 0 Å². The molecule has 0 spiro atoms. The number of hydrogen-bond acceptors (Lipinski definition) is 5. The van der Waals surface area contributed by atoms with Gasteiger partial charge in [-0.25, -0.2) is 18.4 Å². The van der Waals surface area contributed by atoms with Crippen LogP contribution in [0.3, 0.4) is 0 Å². The van der Waals surface area contributed by atoms with Gasteiger partial charge in [-0.05, 0) is 54.7 Å². The predicted molar refractivity (Wildman–Crippen MR) is 121 cm³/mol. The van der Waals surface area contributed by atoms with Crippen molar-refractivity contribution >= 4 is 15.9 Å². The highest BCUT2D eigenvalue weighted by molar-refractivity contribution is 7.89. The number of nitrogens with zero attached hydrogens (tertiary/aromatic N) is 4. The molecule has 32 heavy (non-hydrogen) atoms. The zero-order chi connectivity index (χ0) is 22.4. The average molecular weight is 454 g/mol. The number of hydrogen-bond donors (Lipinski definition) is 1. The van der Waals surface area contributed by atoms with Crippen LogP contribution >= 0.6 is 0 Å². The van der Waals surface area contributed by atoms with Crippen LogP contribution in [0.2, 0.25) is 0 Å². The second-order valence-corrected chi connectivity index (χ2v) is 9.82. The smallest absolute Gasteiger partial charge is 0.243 e. The van der Waals surface area contributed by atoms with Crippen molar-refractivity contribution in [2.45, 2.75) is 43.5 Å². The van der Waals surface area contributed by atoms with Crippen molar-refractivity contribution in [3.05, 3.63) is 72.4 Å². The zero-order valence-corrected chi connectivity index (χ0v) is 18.7. The summed E-state index contributed by atoms with van der Waals surface area (Å²) in [5.74, 6) is 0.685. The highest BCUT2D eigenvalue weighted by Gasteiger charge is 2.25. The molecule has 0 bridgehead atoms. The van der Waals surface area contributed by atoms with Gasteiger partial charge in [-0.1, -0.05) is 18.6 Å². The number of amides is 1. The van der Waals surface area contributed by atoms with Gasteiger partial charge in [0.2, 0.25) is 15.9 Å². The first-order chi connectivity index (χ1) is 15.5. The average Bonchev–Trinajstić information content (AvgIpc) is 3.38. The van der Waals surface area contributed by atoms with E-state index in [2.05, 4.69) is 15.3 Å². The first-order valence-corrected chi connectivity index (χ1v) is 12.3. The van der Waals surface area contributed by atoms with E-state index in [0.717, 1.165) is 36.2 Å². The second kappa shape index (κ2) is 10.1. The van der Waals surface area contributed by atoms with E-state index in [1.165, 1.54) is 0 Å². The second-order valence-electron chi connectivity index (χ2n) is 7.88. The van der Waals surface area contributed by atoms with Gasteiger partial charge in [-0.3, -0.25) is 9.36 Å². The molecule has 3 heterocycles. The van der Waals surface area contributed by atoms with Crippen molar-refractivity contribution in [1.82, 2.24) is 24.2 Å². The molecule has 2 aromatic heterocycles. The van der Waals surface area contributed by atoms with Crippen molar-refractivity contribution in [3.63, 3.8) is 0 Å². The summed E-state index contributed by atoms with van der Waals surface area (Å²) in [6.45, 7) is 1.59. The molecule has 3 aromatic rings. The van der Waals surface area contributed by atoms with Crippen LogP contribution in [0.15, 0.2) is 66.2 Å². The third-order valence-electron chi connectivity index (χ3n) is 5.59. The number of carbonyl (C=O) groups excluding carboxylic acids is 1. The standard InChI is InChI=1S/C23H27N5O3S/c29-23(26-17-20-10-11-25-22(16-20)27-15-12-24-18-27)9-6-19-4-7-21(8-5-19)32(30,31)28-13-2-1-3-14-28/h4-5,7-8,10-12,15-16,18H,1-3,6,9,13-14,17H2,(H,26,29). The number of aryl methyl sites for hydroxylation is 1. The Labute approximate surface area is 188 Å². The van der Waals surface area contributed by atoms with E-state index in [9.17, 15) is 13.2 Å². The number of nitrogens with one attached hydrogen (secondary N) is 1. The maximum absolute atomic E-state index is 12.7. The molecule has 1 aliphatic heterocycles. The van der Waals surface area contributed by atoms with Gasteiger partial charge in [0.15, 0.2) is 0 Å². The summed E-state index contributed by atoms with van der Waals surface area (Å²) in [4.78, 5) is 20.9. The van der Waals surface area contributed by atoms with E-state index < -0.39 is 10.0 Å². The van der Waals surface area contributed by atoms with Gasteiger partial charge < -0.3 is 5.32 Å². The molecule has 1 aromatic carbocycles. The lowest BCUT2D eigenvalue weighted by Crippen LogP contribution is -2.35. The molecule has 0 unspecified atom stereocenters. The summed E-state index contributed by atoms with van der Waals surface area (Å²) in [7, 11) is -3.43. The third kappa shape index (κ3) is 5.41. The molecule has 0 aliphatic carbocycles. The van der Waals surface area contributed by atoms with E-state index in [0.29, 0.717) is 37.4 Å². The largest absolute Gasteiger partial charge is 0.352 e. The van der Waals surface area contributed by atoms with Crippen molar-refractivity contribution in [1.29, 1.82) is 0 Å². The molecule has 1 aliphatic rings. The van der Waals surface area contributed by atoms with Crippen molar-refractivity contribution in [2.24, 2.45) is 0 Å². The first kappa shape index (κ1) is 22.2. The SMILES string of the molecule is O=C(CCc1ccc(S(=O)(=O)N2CCCCC2)cc1)NCc1ccnc(-n2ccnc2)c1. The fraction of sp³-hybridized carbons (Fsp3) is 0.348. The molecule has 4 rings (SSSR count). The van der Waals surface area contributed by atoms with Crippen LogP contribution in [-0.4, -0.2) is 46.3 Å². The molecule has 1 N–H and O–H groups in total. The van der Waals surface area contributed by atoms with E-state index in [4.69, 9.17) is 0 Å². The predicted octanol–water partition coefficient (Wildman–Crippen LogP) is 2.69. The van der Waals surface area contributed by atoms with Crippen molar-refractivity contribution in [3.8, 4) is 5.82 Å². The molecule has 0 saturated carbocycles. The Bertz CT molecular complexity index is 1140. The highest BCUT2D eigenvalue weighted by Crippen LogP contribution is 2.21. The maximum atomic E-state index is 12.7. The van der Waals surface area contributed by atoms with E-state index in [1.54, 1.807) is 51.9 Å². The van der Waals surface area contributed by atoms with Crippen LogP contribution in [0, 0.1) is 0 Å². The van der Waals surface area contributed by atoms with Gasteiger partial charge in [0.1, 0.15) is 12.1 Å². The molecule has 0 atom stereocenters. The van der Waals surface area contributed by atoms with Crippen LogP contribution < -0.4 is 5.32 Å². The monoisotopic (exact) mass is 453 g/mol. The summed E-state index contributed by atoms with van der Waals surface area (Å²) in [5.41, 5.74) is 1.88. The highest BCUT2D eigenvalue weighted by atomic mass is 32.2. The van der Waals surface area contributed by atoms with Gasteiger partial charge >= 0.3 is 0 Å². The molecule has 8 nitrogen and oxygen atoms in total. The number of rotatable bonds is 8. The van der Waals surface area contributed by atoms with Crippen LogP contribution in [0.5, 0.6) is 0 Å². The van der Waals surface area contributed by atoms with E-state index in [-0.39, 0.29) is 5.91 Å². The van der Waals surface area contributed by atoms with Crippen molar-refractivity contribution < 1.29 is 13.2 Å². The normalized spacial score (nSPS) is 14.9. The molecule has 1 fully saturated rings. The number of imidazole rings is 1. The van der Waals surface area contributed by atoms with E-state index in [1.807, 2.05) is 18.3 Å². The Balaban J connectivity index is 1.27. The maximum Gasteiger partial charge on any atom is 0.243 e. The number of carbonyl (C=O) groups is 1. The Hall–Kier alpha value is -3.04. The molecular weight excluding hydrogens is 426 g/mol. The zero-order valence-electron chi connectivity index (χ0n) is 17.9. The minimum absolute atomic E-state index is 0.0593. The molecular formula is C23H27N5O3S. The van der Waals surface area contributed by atoms with Crippen LogP contribution in [0.4, 0.5) is 0 Å². The minimum atomic E-state index is -3.43. The number of benzene rings is 1. The van der Waals surface area contributed by atoms with Gasteiger partial charge in [0, 0.05) is 44.6 Å². The quantitative estimate of drug-likeness (QED) is 0.566. The summed E-state index contributed by atoms with van der Waals surface area (Å²) >= 11 is 0. The third-order valence-corrected chi connectivity index (χ3v) is 7.50. The molecule has 1 amide bonds. The lowest BCUT2D eigenvalue weighted by molar-refractivity contribution is -0.121. The molecule has 0 radical (unpaired) electrons. The minimum Gasteiger partial charge on any atom is -0.352 e. The Kier molecular flexibility index (Phi) is 6.96. The van der Waals surface area contributed by atoms with Crippen LogP contribution in [-0.2, 0) is 27.8 Å². The number of aromatic nitrogens is 3. The number of pyridine rings is 1. The van der Waals surface area contributed by atoms with Gasteiger partial charge in [-0.2, -0.15) is 4.31 Å². The number of sulfonamides is 1. The van der Waals surface area contributed by atoms with Crippen LogP contribution in [0.1, 0.15) is 36.8 Å². The topological polar surface area (TPSA) is 97.2 Å². The number of piperidine rings is 1. The molecule has 168 valence electrons. The Morgan fingerprint density at radius 2 is 1.78 bits per heavy atom. The fourth-order valence-electron chi connectivity index (χ4n) is 3.74.